The van der Waals surface area contributed by atoms with Crippen molar-refractivity contribution in [2.75, 3.05) is 11.9 Å². The first-order valence-electron chi connectivity index (χ1n) is 12.2. The number of amides is 2. The topological polar surface area (TPSA) is 120 Å². The molecular weight excluding hydrogens is 486 g/mol. The Labute approximate surface area is 216 Å². The summed E-state index contributed by atoms with van der Waals surface area (Å²) in [6.45, 7) is 2.58. The van der Waals surface area contributed by atoms with E-state index in [1.54, 1.807) is 12.3 Å². The van der Waals surface area contributed by atoms with Gasteiger partial charge in [0.15, 0.2) is 5.82 Å². The number of H-pyrrole nitrogens is 2. The molecule has 2 aromatic carbocycles. The molecule has 0 radical (unpaired) electrons. The molecule has 1 unspecified atom stereocenters. The predicted octanol–water partition coefficient (Wildman–Crippen LogP) is 5.34. The fourth-order valence-electron chi connectivity index (χ4n) is 4.86. The van der Waals surface area contributed by atoms with E-state index in [0.717, 1.165) is 52.0 Å². The van der Waals surface area contributed by atoms with Crippen molar-refractivity contribution in [2.45, 2.75) is 32.2 Å². The highest BCUT2D eigenvalue weighted by atomic mass is 32.1. The maximum Gasteiger partial charge on any atom is 0.273 e. The van der Waals surface area contributed by atoms with Gasteiger partial charge in [0.2, 0.25) is 0 Å². The highest BCUT2D eigenvalue weighted by Gasteiger charge is 2.31. The van der Waals surface area contributed by atoms with E-state index in [9.17, 15) is 9.59 Å². The van der Waals surface area contributed by atoms with Gasteiger partial charge in [-0.05, 0) is 43.9 Å². The van der Waals surface area contributed by atoms with Gasteiger partial charge in [-0.25, -0.2) is 4.98 Å². The molecule has 0 aliphatic carbocycles. The number of nitrogens with one attached hydrogen (secondary N) is 3. The molecule has 0 saturated carbocycles. The lowest BCUT2D eigenvalue weighted by molar-refractivity contribution is 0.0600. The quantitative estimate of drug-likeness (QED) is 0.294. The molecule has 3 aromatic heterocycles. The van der Waals surface area contributed by atoms with Gasteiger partial charge < -0.3 is 10.2 Å². The van der Waals surface area contributed by atoms with Crippen molar-refractivity contribution in [1.29, 1.82) is 0 Å². The first-order valence-corrected chi connectivity index (χ1v) is 13.1. The van der Waals surface area contributed by atoms with Crippen LogP contribution in [-0.2, 0) is 0 Å². The van der Waals surface area contributed by atoms with Crippen LogP contribution in [0, 0.1) is 6.92 Å². The zero-order valence-electron chi connectivity index (χ0n) is 20.2. The minimum Gasteiger partial charge on any atom is -0.329 e. The molecule has 37 heavy (non-hydrogen) atoms. The van der Waals surface area contributed by atoms with Gasteiger partial charge in [0.25, 0.3) is 11.8 Å². The van der Waals surface area contributed by atoms with E-state index < -0.39 is 0 Å². The maximum absolute atomic E-state index is 13.5. The lowest BCUT2D eigenvalue weighted by atomic mass is 9.99. The number of benzene rings is 2. The Balaban J connectivity index is 1.19. The van der Waals surface area contributed by atoms with Crippen molar-refractivity contribution in [2.24, 2.45) is 0 Å². The second-order valence-electron chi connectivity index (χ2n) is 9.20. The van der Waals surface area contributed by atoms with Crippen molar-refractivity contribution in [3.05, 3.63) is 82.6 Å². The molecule has 186 valence electrons. The molecule has 3 N–H and O–H groups in total. The van der Waals surface area contributed by atoms with Crippen LogP contribution in [0.2, 0.25) is 0 Å². The zero-order valence-corrected chi connectivity index (χ0v) is 21.0. The zero-order chi connectivity index (χ0) is 25.4. The number of hydrogen-bond donors (Lipinski definition) is 3. The Morgan fingerprint density at radius 3 is 2.84 bits per heavy atom. The van der Waals surface area contributed by atoms with Gasteiger partial charge in [-0.2, -0.15) is 10.2 Å². The molecule has 0 bridgehead atoms. The summed E-state index contributed by atoms with van der Waals surface area (Å²) in [6, 6.07) is 15.1. The summed E-state index contributed by atoms with van der Waals surface area (Å²) in [5, 5.41) is 20.8. The Hall–Kier alpha value is -4.31. The molecule has 0 spiro atoms. The van der Waals surface area contributed by atoms with Gasteiger partial charge >= 0.3 is 0 Å². The van der Waals surface area contributed by atoms with Gasteiger partial charge in [-0.1, -0.05) is 30.3 Å². The minimum absolute atomic E-state index is 0.0905. The van der Waals surface area contributed by atoms with Crippen LogP contribution in [-0.4, -0.2) is 48.6 Å². The molecular formula is C27H25N7O2S. The SMILES string of the molecule is Cc1cc(C(=O)Nc2cc(C3CCCCN3C(=O)c3csc(-c4ccccc4)n3)[nH]n2)cc2cn[nH]c12. The average Bonchev–Trinajstić information content (AvgIpc) is 3.70. The summed E-state index contributed by atoms with van der Waals surface area (Å²) in [5.74, 6) is 0.0758. The van der Waals surface area contributed by atoms with Gasteiger partial charge in [0.05, 0.1) is 23.4 Å². The lowest BCUT2D eigenvalue weighted by Crippen LogP contribution is -2.38. The van der Waals surface area contributed by atoms with E-state index in [4.69, 9.17) is 0 Å². The summed E-state index contributed by atoms with van der Waals surface area (Å²) in [5.41, 5.74) is 4.63. The molecule has 1 saturated heterocycles. The van der Waals surface area contributed by atoms with Gasteiger partial charge in [-0.3, -0.25) is 19.8 Å². The van der Waals surface area contributed by atoms with Crippen molar-refractivity contribution in [1.82, 2.24) is 30.3 Å². The Morgan fingerprint density at radius 1 is 1.11 bits per heavy atom. The number of nitrogens with zero attached hydrogens (tertiary/aromatic N) is 4. The predicted molar refractivity (Wildman–Crippen MR) is 143 cm³/mol. The number of aromatic amines is 2. The van der Waals surface area contributed by atoms with Crippen LogP contribution in [0.3, 0.4) is 0 Å². The number of piperidine rings is 1. The van der Waals surface area contributed by atoms with Crippen LogP contribution in [0.5, 0.6) is 0 Å². The van der Waals surface area contributed by atoms with E-state index in [0.29, 0.717) is 23.6 Å². The molecule has 6 rings (SSSR count). The summed E-state index contributed by atoms with van der Waals surface area (Å²) < 4.78 is 0. The van der Waals surface area contributed by atoms with Crippen LogP contribution < -0.4 is 5.32 Å². The fourth-order valence-corrected chi connectivity index (χ4v) is 5.66. The van der Waals surface area contributed by atoms with E-state index in [1.165, 1.54) is 11.3 Å². The standard InChI is InChI=1S/C27H25N7O2S/c1-16-11-18(12-19-14-28-33-24(16)19)25(35)30-23-13-20(31-32-23)22-9-5-6-10-34(22)27(36)21-15-37-26(29-21)17-7-3-2-4-8-17/h2-4,7-8,11-15,22H,5-6,9-10H2,1H3,(H,28,33)(H2,30,31,32,35). The molecule has 1 aliphatic heterocycles. The third-order valence-electron chi connectivity index (χ3n) is 6.71. The Bertz CT molecular complexity index is 1590. The molecule has 2 amide bonds. The van der Waals surface area contributed by atoms with Crippen molar-refractivity contribution in [3.63, 3.8) is 0 Å². The Morgan fingerprint density at radius 2 is 1.97 bits per heavy atom. The first-order chi connectivity index (χ1) is 18.1. The van der Waals surface area contributed by atoms with E-state index >= 15 is 0 Å². The van der Waals surface area contributed by atoms with Gasteiger partial charge in [0.1, 0.15) is 10.7 Å². The maximum atomic E-state index is 13.5. The largest absolute Gasteiger partial charge is 0.329 e. The summed E-state index contributed by atoms with van der Waals surface area (Å²) in [7, 11) is 0. The molecule has 10 heteroatoms. The number of rotatable bonds is 5. The van der Waals surface area contributed by atoms with Crippen molar-refractivity contribution < 1.29 is 9.59 Å². The Kier molecular flexibility index (Phi) is 6.01. The summed E-state index contributed by atoms with van der Waals surface area (Å²) in [4.78, 5) is 32.9. The number of anilines is 1. The number of carbonyl (C=O) groups is 2. The fraction of sp³-hybridized carbons (Fsp3) is 0.222. The number of fused-ring (bicyclic) bond motifs is 1. The van der Waals surface area contributed by atoms with Gasteiger partial charge in [0, 0.05) is 34.5 Å². The number of carbonyl (C=O) groups excluding carboxylic acids is 2. The highest BCUT2D eigenvalue weighted by Crippen LogP contribution is 2.33. The third-order valence-corrected chi connectivity index (χ3v) is 7.61. The monoisotopic (exact) mass is 511 g/mol. The number of likely N-dealkylation sites (tertiary alicyclic amines) is 1. The second kappa shape index (κ2) is 9.62. The van der Waals surface area contributed by atoms with E-state index in [2.05, 4.69) is 30.7 Å². The summed E-state index contributed by atoms with van der Waals surface area (Å²) >= 11 is 1.47. The van der Waals surface area contributed by atoms with E-state index in [1.807, 2.05) is 59.7 Å². The van der Waals surface area contributed by atoms with E-state index in [-0.39, 0.29) is 17.9 Å². The number of thiazole rings is 1. The van der Waals surface area contributed by atoms with Crippen LogP contribution in [0.1, 0.15) is 57.4 Å². The van der Waals surface area contributed by atoms with Crippen LogP contribution in [0.15, 0.2) is 60.1 Å². The molecule has 4 heterocycles. The highest BCUT2D eigenvalue weighted by molar-refractivity contribution is 7.13. The molecule has 9 nitrogen and oxygen atoms in total. The smallest absolute Gasteiger partial charge is 0.273 e. The molecule has 5 aromatic rings. The van der Waals surface area contributed by atoms with Crippen LogP contribution in [0.4, 0.5) is 5.82 Å². The first kappa shape index (κ1) is 23.1. The van der Waals surface area contributed by atoms with Gasteiger partial charge in [-0.15, -0.1) is 11.3 Å². The van der Waals surface area contributed by atoms with Crippen molar-refractivity contribution in [3.8, 4) is 10.6 Å². The normalized spacial score (nSPS) is 15.7. The second-order valence-corrected chi connectivity index (χ2v) is 10.1. The summed E-state index contributed by atoms with van der Waals surface area (Å²) in [6.07, 6.45) is 4.45. The average molecular weight is 512 g/mol. The number of aryl methyl sites for hydroxylation is 1. The third kappa shape index (κ3) is 4.51. The minimum atomic E-state index is -0.253. The van der Waals surface area contributed by atoms with Crippen LogP contribution in [0.25, 0.3) is 21.5 Å². The number of hydrogen-bond acceptors (Lipinski definition) is 6. The lowest BCUT2D eigenvalue weighted by Gasteiger charge is -2.34. The molecule has 1 fully saturated rings. The molecule has 1 aliphatic rings. The number of aromatic nitrogens is 5. The molecule has 1 atom stereocenters. The van der Waals surface area contributed by atoms with Crippen molar-refractivity contribution >= 4 is 39.9 Å². The van der Waals surface area contributed by atoms with Crippen LogP contribution >= 0.6 is 11.3 Å².